The first kappa shape index (κ1) is 22.9. The van der Waals surface area contributed by atoms with Crippen molar-refractivity contribution < 1.29 is 14.0 Å². The Morgan fingerprint density at radius 1 is 1.10 bits per heavy atom. The predicted molar refractivity (Wildman–Crippen MR) is 117 cm³/mol. The Labute approximate surface area is 176 Å². The van der Waals surface area contributed by atoms with Gasteiger partial charge in [-0.25, -0.2) is 4.39 Å². The summed E-state index contributed by atoms with van der Waals surface area (Å²) in [5, 5.41) is 2.87. The van der Waals surface area contributed by atoms with Crippen molar-refractivity contribution in [2.45, 2.75) is 38.5 Å². The van der Waals surface area contributed by atoms with Gasteiger partial charge in [-0.1, -0.05) is 55.5 Å². The van der Waals surface area contributed by atoms with Crippen LogP contribution in [-0.2, 0) is 21.8 Å². The van der Waals surface area contributed by atoms with E-state index < -0.39 is 6.04 Å². The Bertz CT molecular complexity index is 785. The summed E-state index contributed by atoms with van der Waals surface area (Å²) >= 11 is 1.36. The van der Waals surface area contributed by atoms with Crippen LogP contribution in [0.25, 0.3) is 0 Å². The molecule has 2 aromatic rings. The summed E-state index contributed by atoms with van der Waals surface area (Å²) in [6.45, 7) is 4.80. The molecule has 0 spiro atoms. The number of halogens is 1. The largest absolute Gasteiger partial charge is 0.354 e. The SMILES string of the molecule is CCCNC(=O)C(C)N(CCc1ccccc1)C(=O)CSCc1ccccc1F. The summed E-state index contributed by atoms with van der Waals surface area (Å²) in [4.78, 5) is 27.0. The lowest BCUT2D eigenvalue weighted by molar-refractivity contribution is -0.137. The maximum Gasteiger partial charge on any atom is 0.242 e. The minimum absolute atomic E-state index is 0.110. The molecule has 2 rings (SSSR count). The zero-order chi connectivity index (χ0) is 21.1. The van der Waals surface area contributed by atoms with Crippen LogP contribution in [0.15, 0.2) is 54.6 Å². The number of benzene rings is 2. The second-order valence-corrected chi connectivity index (χ2v) is 7.86. The van der Waals surface area contributed by atoms with Gasteiger partial charge >= 0.3 is 0 Å². The Morgan fingerprint density at radius 2 is 1.79 bits per heavy atom. The molecule has 6 heteroatoms. The van der Waals surface area contributed by atoms with Crippen molar-refractivity contribution in [1.29, 1.82) is 0 Å². The van der Waals surface area contributed by atoms with Crippen molar-refractivity contribution >= 4 is 23.6 Å². The van der Waals surface area contributed by atoms with Crippen LogP contribution in [0, 0.1) is 5.82 Å². The van der Waals surface area contributed by atoms with Gasteiger partial charge in [-0.2, -0.15) is 0 Å². The van der Waals surface area contributed by atoms with Gasteiger partial charge in [-0.3, -0.25) is 9.59 Å². The molecule has 0 saturated carbocycles. The highest BCUT2D eigenvalue weighted by molar-refractivity contribution is 7.99. The molecule has 1 atom stereocenters. The van der Waals surface area contributed by atoms with Crippen molar-refractivity contribution in [3.63, 3.8) is 0 Å². The molecule has 156 valence electrons. The van der Waals surface area contributed by atoms with Gasteiger partial charge in [0.1, 0.15) is 11.9 Å². The molecule has 4 nitrogen and oxygen atoms in total. The molecule has 2 aromatic carbocycles. The molecule has 29 heavy (non-hydrogen) atoms. The average molecular weight is 417 g/mol. The fourth-order valence-electron chi connectivity index (χ4n) is 2.91. The smallest absolute Gasteiger partial charge is 0.242 e. The summed E-state index contributed by atoms with van der Waals surface area (Å²) in [6.07, 6.45) is 1.52. The van der Waals surface area contributed by atoms with Crippen LogP contribution in [0.2, 0.25) is 0 Å². The molecule has 0 saturated heterocycles. The highest BCUT2D eigenvalue weighted by atomic mass is 32.2. The lowest BCUT2D eigenvalue weighted by Gasteiger charge is -2.28. The molecule has 1 unspecified atom stereocenters. The van der Waals surface area contributed by atoms with Gasteiger partial charge in [-0.15, -0.1) is 11.8 Å². The Kier molecular flexibility index (Phi) is 9.71. The standard InChI is InChI=1S/C23H29FN2O2S/c1-3-14-25-23(28)18(2)26(15-13-19-9-5-4-6-10-19)22(27)17-29-16-20-11-7-8-12-21(20)24/h4-12,18H,3,13-17H2,1-2H3,(H,25,28). The first-order valence-electron chi connectivity index (χ1n) is 9.95. The minimum atomic E-state index is -0.549. The van der Waals surface area contributed by atoms with Gasteiger partial charge in [0, 0.05) is 18.8 Å². The van der Waals surface area contributed by atoms with Crippen molar-refractivity contribution in [1.82, 2.24) is 10.2 Å². The number of nitrogens with one attached hydrogen (secondary N) is 1. The van der Waals surface area contributed by atoms with E-state index in [9.17, 15) is 14.0 Å². The van der Waals surface area contributed by atoms with E-state index in [4.69, 9.17) is 0 Å². The Morgan fingerprint density at radius 3 is 2.48 bits per heavy atom. The van der Waals surface area contributed by atoms with Crippen molar-refractivity contribution in [3.05, 3.63) is 71.5 Å². The first-order chi connectivity index (χ1) is 14.0. The minimum Gasteiger partial charge on any atom is -0.354 e. The average Bonchev–Trinajstić information content (AvgIpc) is 2.74. The van der Waals surface area contributed by atoms with E-state index in [1.807, 2.05) is 37.3 Å². The predicted octanol–water partition coefficient (Wildman–Crippen LogP) is 4.04. The van der Waals surface area contributed by atoms with Gasteiger partial charge in [0.05, 0.1) is 5.75 Å². The monoisotopic (exact) mass is 416 g/mol. The number of hydrogen-bond acceptors (Lipinski definition) is 3. The number of carbonyl (C=O) groups is 2. The van der Waals surface area contributed by atoms with Gasteiger partial charge in [0.15, 0.2) is 0 Å². The lowest BCUT2D eigenvalue weighted by atomic mass is 10.1. The van der Waals surface area contributed by atoms with Crippen molar-refractivity contribution in [3.8, 4) is 0 Å². The molecule has 0 aliphatic carbocycles. The number of carbonyl (C=O) groups excluding carboxylic acids is 2. The van der Waals surface area contributed by atoms with Crippen LogP contribution in [0.1, 0.15) is 31.4 Å². The van der Waals surface area contributed by atoms with E-state index in [0.717, 1.165) is 12.0 Å². The molecule has 2 amide bonds. The van der Waals surface area contributed by atoms with E-state index >= 15 is 0 Å². The zero-order valence-electron chi connectivity index (χ0n) is 17.1. The van der Waals surface area contributed by atoms with Gasteiger partial charge in [0.25, 0.3) is 0 Å². The molecule has 0 bridgehead atoms. The second kappa shape index (κ2) is 12.3. The van der Waals surface area contributed by atoms with Gasteiger partial charge < -0.3 is 10.2 Å². The van der Waals surface area contributed by atoms with Crippen LogP contribution >= 0.6 is 11.8 Å². The Balaban J connectivity index is 1.98. The number of thioether (sulfide) groups is 1. The summed E-state index contributed by atoms with van der Waals surface area (Å²) in [5.41, 5.74) is 1.69. The van der Waals surface area contributed by atoms with E-state index in [-0.39, 0.29) is 23.4 Å². The fraction of sp³-hybridized carbons (Fsp3) is 0.391. The van der Waals surface area contributed by atoms with E-state index in [0.29, 0.717) is 30.8 Å². The summed E-state index contributed by atoms with van der Waals surface area (Å²) in [6, 6.07) is 15.9. The number of hydrogen-bond donors (Lipinski definition) is 1. The number of amides is 2. The quantitative estimate of drug-likeness (QED) is 0.601. The van der Waals surface area contributed by atoms with Crippen LogP contribution in [0.5, 0.6) is 0 Å². The third-order valence-electron chi connectivity index (χ3n) is 4.64. The van der Waals surface area contributed by atoms with Gasteiger partial charge in [0.2, 0.25) is 11.8 Å². The molecular weight excluding hydrogens is 387 g/mol. The topological polar surface area (TPSA) is 49.4 Å². The maximum absolute atomic E-state index is 13.8. The molecule has 1 N–H and O–H groups in total. The highest BCUT2D eigenvalue weighted by Crippen LogP contribution is 2.17. The van der Waals surface area contributed by atoms with E-state index in [2.05, 4.69) is 5.32 Å². The lowest BCUT2D eigenvalue weighted by Crippen LogP contribution is -2.49. The second-order valence-electron chi connectivity index (χ2n) is 6.87. The number of nitrogens with zero attached hydrogens (tertiary/aromatic N) is 1. The summed E-state index contributed by atoms with van der Waals surface area (Å²) in [7, 11) is 0. The molecule has 0 fully saturated rings. The molecule has 0 radical (unpaired) electrons. The fourth-order valence-corrected chi connectivity index (χ4v) is 3.81. The summed E-state index contributed by atoms with van der Waals surface area (Å²) < 4.78 is 13.8. The van der Waals surface area contributed by atoms with E-state index in [1.165, 1.54) is 17.8 Å². The first-order valence-corrected chi connectivity index (χ1v) is 11.1. The zero-order valence-corrected chi connectivity index (χ0v) is 17.9. The van der Waals surface area contributed by atoms with Crippen LogP contribution < -0.4 is 5.32 Å². The molecule has 0 aromatic heterocycles. The number of rotatable bonds is 11. The third kappa shape index (κ3) is 7.54. The molecule has 0 heterocycles. The van der Waals surface area contributed by atoms with Crippen molar-refractivity contribution in [2.24, 2.45) is 0 Å². The maximum atomic E-state index is 13.8. The van der Waals surface area contributed by atoms with E-state index in [1.54, 1.807) is 30.0 Å². The summed E-state index contributed by atoms with van der Waals surface area (Å²) in [5.74, 6) is 0.102. The van der Waals surface area contributed by atoms with Gasteiger partial charge in [-0.05, 0) is 37.0 Å². The normalized spacial score (nSPS) is 11.7. The van der Waals surface area contributed by atoms with Crippen LogP contribution in [0.3, 0.4) is 0 Å². The Hall–Kier alpha value is -2.34. The van der Waals surface area contributed by atoms with Crippen LogP contribution in [0.4, 0.5) is 4.39 Å². The molecular formula is C23H29FN2O2S. The molecule has 0 aliphatic heterocycles. The highest BCUT2D eigenvalue weighted by Gasteiger charge is 2.25. The molecule has 0 aliphatic rings. The third-order valence-corrected chi connectivity index (χ3v) is 5.61. The van der Waals surface area contributed by atoms with Crippen molar-refractivity contribution in [2.75, 3.05) is 18.8 Å². The van der Waals surface area contributed by atoms with Crippen LogP contribution in [-0.4, -0.2) is 41.6 Å².